The van der Waals surface area contributed by atoms with Crippen LogP contribution in [-0.4, -0.2) is 60.4 Å². The Labute approximate surface area is 175 Å². The molecule has 2 N–H and O–H groups in total. The van der Waals surface area contributed by atoms with Crippen molar-refractivity contribution in [1.29, 1.82) is 0 Å². The molecule has 0 spiro atoms. The lowest BCUT2D eigenvalue weighted by Crippen LogP contribution is -2.53. The Morgan fingerprint density at radius 3 is 2.27 bits per heavy atom. The summed E-state index contributed by atoms with van der Waals surface area (Å²) in [5.74, 6) is -0.777. The monoisotopic (exact) mass is 414 g/mol. The third-order valence-electron chi connectivity index (χ3n) is 4.90. The van der Waals surface area contributed by atoms with E-state index in [-0.39, 0.29) is 18.3 Å². The molecule has 0 aromatic heterocycles. The van der Waals surface area contributed by atoms with E-state index in [0.717, 1.165) is 32.7 Å². The van der Waals surface area contributed by atoms with Gasteiger partial charge < -0.3 is 4.74 Å². The molecule has 0 bridgehead atoms. The molecule has 2 aromatic rings. The summed E-state index contributed by atoms with van der Waals surface area (Å²) < 4.78 is 18.3. The predicted molar refractivity (Wildman–Crippen MR) is 111 cm³/mol. The molecule has 0 radical (unpaired) electrons. The van der Waals surface area contributed by atoms with E-state index in [0.29, 0.717) is 5.75 Å². The summed E-state index contributed by atoms with van der Waals surface area (Å²) in [5.41, 5.74) is 6.07. The fourth-order valence-electron chi connectivity index (χ4n) is 3.19. The first-order valence-electron chi connectivity index (χ1n) is 9.99. The van der Waals surface area contributed by atoms with Crippen LogP contribution >= 0.6 is 0 Å². The molecule has 2 aromatic carbocycles. The van der Waals surface area contributed by atoms with Crippen LogP contribution in [0.15, 0.2) is 54.6 Å². The van der Waals surface area contributed by atoms with Crippen LogP contribution in [0.4, 0.5) is 4.39 Å². The number of halogens is 1. The van der Waals surface area contributed by atoms with E-state index < -0.39 is 12.0 Å². The molecule has 0 aliphatic carbocycles. The van der Waals surface area contributed by atoms with Gasteiger partial charge in [-0.3, -0.25) is 30.2 Å². The molecule has 30 heavy (non-hydrogen) atoms. The lowest BCUT2D eigenvalue weighted by Gasteiger charge is -2.34. The van der Waals surface area contributed by atoms with Gasteiger partial charge in [0.15, 0.2) is 6.10 Å². The van der Waals surface area contributed by atoms with E-state index in [2.05, 4.69) is 32.8 Å². The van der Waals surface area contributed by atoms with E-state index >= 15 is 0 Å². The number of hydrazine groups is 1. The molecule has 3 rings (SSSR count). The maximum absolute atomic E-state index is 12.9. The number of ether oxygens (including phenoxy) is 1. The molecule has 1 aliphatic heterocycles. The van der Waals surface area contributed by atoms with Gasteiger partial charge in [-0.2, -0.15) is 0 Å². The number of amides is 2. The van der Waals surface area contributed by atoms with Gasteiger partial charge >= 0.3 is 0 Å². The molecule has 1 fully saturated rings. The number of nitrogens with zero attached hydrogens (tertiary/aromatic N) is 2. The number of benzene rings is 2. The fraction of sp³-hybridized carbons (Fsp3) is 0.364. The van der Waals surface area contributed by atoms with Gasteiger partial charge in [0.25, 0.3) is 11.8 Å². The van der Waals surface area contributed by atoms with Crippen molar-refractivity contribution < 1.29 is 18.7 Å². The second-order valence-corrected chi connectivity index (χ2v) is 7.29. The molecular formula is C22H27FN4O3. The lowest BCUT2D eigenvalue weighted by atomic mass is 10.2. The summed E-state index contributed by atoms with van der Waals surface area (Å²) in [6.45, 7) is 6.02. The molecule has 1 aliphatic rings. The van der Waals surface area contributed by atoms with Crippen LogP contribution in [0, 0.1) is 5.82 Å². The summed E-state index contributed by atoms with van der Waals surface area (Å²) >= 11 is 0. The Hall–Kier alpha value is -2.97. The van der Waals surface area contributed by atoms with Crippen molar-refractivity contribution in [1.82, 2.24) is 20.7 Å². The molecule has 8 heteroatoms. The van der Waals surface area contributed by atoms with E-state index in [1.807, 2.05) is 18.2 Å². The van der Waals surface area contributed by atoms with Gasteiger partial charge in [0.05, 0.1) is 6.54 Å². The van der Waals surface area contributed by atoms with E-state index in [9.17, 15) is 14.0 Å². The van der Waals surface area contributed by atoms with Crippen molar-refractivity contribution in [3.05, 3.63) is 66.0 Å². The molecule has 160 valence electrons. The van der Waals surface area contributed by atoms with Gasteiger partial charge in [-0.15, -0.1) is 0 Å². The largest absolute Gasteiger partial charge is 0.481 e. The summed E-state index contributed by atoms with van der Waals surface area (Å²) in [6, 6.07) is 15.7. The first-order chi connectivity index (χ1) is 14.5. The average Bonchev–Trinajstić information content (AvgIpc) is 2.76. The zero-order valence-electron chi connectivity index (χ0n) is 17.0. The van der Waals surface area contributed by atoms with Crippen LogP contribution in [0.25, 0.3) is 0 Å². The van der Waals surface area contributed by atoms with Crippen LogP contribution in [0.1, 0.15) is 12.5 Å². The maximum atomic E-state index is 12.9. The number of rotatable bonds is 7. The van der Waals surface area contributed by atoms with E-state index in [1.54, 1.807) is 6.92 Å². The van der Waals surface area contributed by atoms with Gasteiger partial charge in [-0.25, -0.2) is 4.39 Å². The number of hydrogen-bond acceptors (Lipinski definition) is 5. The summed E-state index contributed by atoms with van der Waals surface area (Å²) in [5, 5.41) is 0. The number of piperazine rings is 1. The van der Waals surface area contributed by atoms with Crippen molar-refractivity contribution in [2.75, 3.05) is 32.7 Å². The molecule has 1 atom stereocenters. The molecule has 7 nitrogen and oxygen atoms in total. The van der Waals surface area contributed by atoms with Crippen molar-refractivity contribution in [3.63, 3.8) is 0 Å². The minimum absolute atomic E-state index is 0.215. The Balaban J connectivity index is 1.33. The number of carbonyl (C=O) groups is 2. The van der Waals surface area contributed by atoms with Crippen LogP contribution in [0.5, 0.6) is 5.75 Å². The highest BCUT2D eigenvalue weighted by Crippen LogP contribution is 2.13. The first-order valence-corrected chi connectivity index (χ1v) is 9.99. The van der Waals surface area contributed by atoms with Crippen molar-refractivity contribution in [3.8, 4) is 5.75 Å². The molecule has 0 saturated carbocycles. The standard InChI is InChI=1S/C22H27FN4O3/c1-17(30-20-9-7-19(23)8-10-20)22(29)25-24-21(28)16-27-13-11-26(12-14-27)15-18-5-3-2-4-6-18/h2-10,17H,11-16H2,1H3,(H,24,28)(H,25,29). The van der Waals surface area contributed by atoms with Gasteiger partial charge in [0.1, 0.15) is 11.6 Å². The maximum Gasteiger partial charge on any atom is 0.279 e. The molecule has 1 heterocycles. The normalized spacial score (nSPS) is 15.9. The fourth-order valence-corrected chi connectivity index (χ4v) is 3.19. The molecule has 1 unspecified atom stereocenters. The van der Waals surface area contributed by atoms with Crippen LogP contribution < -0.4 is 15.6 Å². The van der Waals surface area contributed by atoms with E-state index in [4.69, 9.17) is 4.74 Å². The summed E-state index contributed by atoms with van der Waals surface area (Å²) in [4.78, 5) is 28.6. The minimum Gasteiger partial charge on any atom is -0.481 e. The van der Waals surface area contributed by atoms with Crippen LogP contribution in [0.3, 0.4) is 0 Å². The number of nitrogens with one attached hydrogen (secondary N) is 2. The second kappa shape index (κ2) is 10.7. The highest BCUT2D eigenvalue weighted by Gasteiger charge is 2.20. The predicted octanol–water partition coefficient (Wildman–Crippen LogP) is 1.56. The highest BCUT2D eigenvalue weighted by molar-refractivity contribution is 5.85. The van der Waals surface area contributed by atoms with Gasteiger partial charge in [-0.05, 0) is 36.8 Å². The lowest BCUT2D eigenvalue weighted by molar-refractivity contribution is -0.133. The first kappa shape index (κ1) is 21.7. The topological polar surface area (TPSA) is 73.9 Å². The van der Waals surface area contributed by atoms with Gasteiger partial charge in [0, 0.05) is 32.7 Å². The molecular weight excluding hydrogens is 387 g/mol. The van der Waals surface area contributed by atoms with Crippen molar-refractivity contribution in [2.24, 2.45) is 0 Å². The Kier molecular flexibility index (Phi) is 7.75. The summed E-state index contributed by atoms with van der Waals surface area (Å²) in [7, 11) is 0. The van der Waals surface area contributed by atoms with Crippen molar-refractivity contribution in [2.45, 2.75) is 19.6 Å². The third-order valence-corrected chi connectivity index (χ3v) is 4.90. The second-order valence-electron chi connectivity index (χ2n) is 7.29. The zero-order valence-corrected chi connectivity index (χ0v) is 17.0. The average molecular weight is 414 g/mol. The van der Waals surface area contributed by atoms with Gasteiger partial charge in [-0.1, -0.05) is 30.3 Å². The Morgan fingerprint density at radius 1 is 0.967 bits per heavy atom. The minimum atomic E-state index is -0.836. The molecule has 1 saturated heterocycles. The quantitative estimate of drug-likeness (QED) is 0.673. The number of hydrogen-bond donors (Lipinski definition) is 2. The SMILES string of the molecule is CC(Oc1ccc(F)cc1)C(=O)NNC(=O)CN1CCN(Cc2ccccc2)CC1. The third kappa shape index (κ3) is 6.82. The Morgan fingerprint density at radius 2 is 1.60 bits per heavy atom. The van der Waals surface area contributed by atoms with Crippen molar-refractivity contribution >= 4 is 11.8 Å². The smallest absolute Gasteiger partial charge is 0.279 e. The Bertz CT molecular complexity index is 824. The molecule has 2 amide bonds. The van der Waals surface area contributed by atoms with E-state index in [1.165, 1.54) is 29.8 Å². The highest BCUT2D eigenvalue weighted by atomic mass is 19.1. The number of carbonyl (C=O) groups excluding carboxylic acids is 2. The van der Waals surface area contributed by atoms with Crippen LogP contribution in [0.2, 0.25) is 0 Å². The summed E-state index contributed by atoms with van der Waals surface area (Å²) in [6.07, 6.45) is -0.836. The zero-order chi connectivity index (χ0) is 21.3. The van der Waals surface area contributed by atoms with Crippen LogP contribution in [-0.2, 0) is 16.1 Å². The van der Waals surface area contributed by atoms with Gasteiger partial charge in [0.2, 0.25) is 0 Å².